The van der Waals surface area contributed by atoms with E-state index in [1.54, 1.807) is 27.9 Å². The molecule has 3 aromatic rings. The Balaban J connectivity index is 1.78. The van der Waals surface area contributed by atoms with Crippen LogP contribution in [0.25, 0.3) is 11.5 Å². The van der Waals surface area contributed by atoms with Crippen LogP contribution in [0.2, 0.25) is 0 Å². The molecule has 6 nitrogen and oxygen atoms in total. The summed E-state index contributed by atoms with van der Waals surface area (Å²) in [5, 5.41) is 4.40. The zero-order chi connectivity index (χ0) is 18.1. The van der Waals surface area contributed by atoms with Gasteiger partial charge in [0.05, 0.1) is 24.6 Å². The first-order chi connectivity index (χ1) is 12.6. The van der Waals surface area contributed by atoms with Crippen molar-refractivity contribution < 1.29 is 13.9 Å². The first-order valence-electron chi connectivity index (χ1n) is 8.51. The molecule has 2 aromatic heterocycles. The summed E-state index contributed by atoms with van der Waals surface area (Å²) < 4.78 is 22.3. The number of nitrogens with zero attached hydrogens (tertiary/aromatic N) is 4. The molecule has 7 heteroatoms. The van der Waals surface area contributed by atoms with Gasteiger partial charge in [-0.25, -0.2) is 9.07 Å². The second-order valence-corrected chi connectivity index (χ2v) is 6.29. The van der Waals surface area contributed by atoms with Crippen LogP contribution in [0, 0.1) is 5.82 Å². The molecular formula is C19H19FN4O2. The summed E-state index contributed by atoms with van der Waals surface area (Å²) in [4.78, 5) is 14.9. The molecule has 0 spiro atoms. The minimum Gasteiger partial charge on any atom is -0.375 e. The van der Waals surface area contributed by atoms with E-state index in [9.17, 15) is 9.18 Å². The Kier molecular flexibility index (Phi) is 4.30. The Morgan fingerprint density at radius 1 is 1.23 bits per heavy atom. The Hall–Kier alpha value is -2.93. The van der Waals surface area contributed by atoms with E-state index >= 15 is 0 Å². The van der Waals surface area contributed by atoms with Crippen LogP contribution in [0.1, 0.15) is 17.3 Å². The number of carbonyl (C=O) groups excluding carboxylic acids is 1. The number of rotatable bonds is 3. The van der Waals surface area contributed by atoms with E-state index in [2.05, 4.69) is 5.10 Å². The Morgan fingerprint density at radius 2 is 1.96 bits per heavy atom. The van der Waals surface area contributed by atoms with Gasteiger partial charge in [-0.1, -0.05) is 0 Å². The van der Waals surface area contributed by atoms with Crippen molar-refractivity contribution in [1.82, 2.24) is 19.2 Å². The van der Waals surface area contributed by atoms with Crippen molar-refractivity contribution in [2.45, 2.75) is 13.0 Å². The van der Waals surface area contributed by atoms with Gasteiger partial charge in [0.1, 0.15) is 11.4 Å². The molecule has 3 heterocycles. The summed E-state index contributed by atoms with van der Waals surface area (Å²) in [5.74, 6) is 0.227. The number of hydrogen-bond donors (Lipinski definition) is 0. The molecular weight excluding hydrogens is 335 g/mol. The van der Waals surface area contributed by atoms with Gasteiger partial charge < -0.3 is 14.2 Å². The van der Waals surface area contributed by atoms with Crippen LogP contribution >= 0.6 is 0 Å². The maximum absolute atomic E-state index is 13.3. The third-order valence-corrected chi connectivity index (χ3v) is 4.42. The lowest BCUT2D eigenvalue weighted by Crippen LogP contribution is -2.44. The van der Waals surface area contributed by atoms with E-state index < -0.39 is 0 Å². The van der Waals surface area contributed by atoms with Crippen molar-refractivity contribution in [3.8, 4) is 11.5 Å². The van der Waals surface area contributed by atoms with Gasteiger partial charge >= 0.3 is 0 Å². The number of ether oxygens (including phenoxy) is 1. The predicted molar refractivity (Wildman–Crippen MR) is 94.2 cm³/mol. The number of hydrogen-bond acceptors (Lipinski definition) is 3. The van der Waals surface area contributed by atoms with E-state index in [4.69, 9.17) is 4.74 Å². The van der Waals surface area contributed by atoms with Crippen LogP contribution in [0.15, 0.2) is 55.0 Å². The van der Waals surface area contributed by atoms with Gasteiger partial charge in [0, 0.05) is 25.5 Å². The molecule has 26 heavy (non-hydrogen) atoms. The second-order valence-electron chi connectivity index (χ2n) is 6.29. The van der Waals surface area contributed by atoms with Crippen molar-refractivity contribution >= 4 is 5.91 Å². The molecule has 0 unspecified atom stereocenters. The van der Waals surface area contributed by atoms with Gasteiger partial charge in [0.25, 0.3) is 5.91 Å². The highest BCUT2D eigenvalue weighted by Gasteiger charge is 2.27. The summed E-state index contributed by atoms with van der Waals surface area (Å²) in [5.41, 5.74) is 1.18. The zero-order valence-corrected chi connectivity index (χ0v) is 14.4. The third kappa shape index (κ3) is 3.01. The molecule has 1 aliphatic rings. The Labute approximate surface area is 150 Å². The van der Waals surface area contributed by atoms with Gasteiger partial charge in [0.15, 0.2) is 5.82 Å². The first-order valence-corrected chi connectivity index (χ1v) is 8.51. The predicted octanol–water partition coefficient (Wildman–Crippen LogP) is 2.66. The first kappa shape index (κ1) is 16.5. The fourth-order valence-corrected chi connectivity index (χ4v) is 3.16. The van der Waals surface area contributed by atoms with Crippen molar-refractivity contribution in [2.75, 3.05) is 19.7 Å². The molecule has 0 radical (unpaired) electrons. The number of halogens is 1. The van der Waals surface area contributed by atoms with E-state index in [0.29, 0.717) is 36.8 Å². The van der Waals surface area contributed by atoms with Crippen LogP contribution in [-0.2, 0) is 4.74 Å². The van der Waals surface area contributed by atoms with Gasteiger partial charge in [-0.2, -0.15) is 5.10 Å². The highest BCUT2D eigenvalue weighted by molar-refractivity contribution is 5.97. The van der Waals surface area contributed by atoms with Crippen molar-refractivity contribution in [1.29, 1.82) is 0 Å². The highest BCUT2D eigenvalue weighted by atomic mass is 19.1. The van der Waals surface area contributed by atoms with E-state index in [1.807, 2.05) is 36.0 Å². The fourth-order valence-electron chi connectivity index (χ4n) is 3.16. The largest absolute Gasteiger partial charge is 0.375 e. The molecule has 134 valence electrons. The molecule has 1 atom stereocenters. The monoisotopic (exact) mass is 354 g/mol. The normalized spacial score (nSPS) is 17.5. The molecule has 1 amide bonds. The fraction of sp³-hybridized carbons (Fsp3) is 0.263. The van der Waals surface area contributed by atoms with Gasteiger partial charge in [-0.15, -0.1) is 0 Å². The number of morpholine rings is 1. The quantitative estimate of drug-likeness (QED) is 0.727. The summed E-state index contributed by atoms with van der Waals surface area (Å²) >= 11 is 0. The van der Waals surface area contributed by atoms with Crippen molar-refractivity contribution in [3.63, 3.8) is 0 Å². The van der Waals surface area contributed by atoms with Crippen LogP contribution in [0.4, 0.5) is 4.39 Å². The maximum atomic E-state index is 13.3. The molecule has 4 rings (SSSR count). The van der Waals surface area contributed by atoms with E-state index in [0.717, 1.165) is 0 Å². The van der Waals surface area contributed by atoms with Gasteiger partial charge in [-0.3, -0.25) is 4.79 Å². The number of carbonyl (C=O) groups is 1. The van der Waals surface area contributed by atoms with Gasteiger partial charge in [0.2, 0.25) is 0 Å². The molecule has 0 bridgehead atoms. The SMILES string of the molecule is C[C@H]1CN(C(=O)c2cnn(-c3ccc(F)cc3)c2-n2cccc2)CCO1. The summed E-state index contributed by atoms with van der Waals surface area (Å²) in [6.07, 6.45) is 5.29. The molecule has 1 aliphatic heterocycles. The molecule has 1 aromatic carbocycles. The van der Waals surface area contributed by atoms with E-state index in [1.165, 1.54) is 12.1 Å². The number of benzene rings is 1. The smallest absolute Gasteiger partial charge is 0.259 e. The molecule has 0 aliphatic carbocycles. The standard InChI is InChI=1S/C19H19FN4O2/c1-14-13-23(10-11-26-14)19(25)17-12-21-24(16-6-4-15(20)5-7-16)18(17)22-8-2-3-9-22/h2-9,12,14H,10-11,13H2,1H3/t14-/m0/s1. The topological polar surface area (TPSA) is 52.3 Å². The zero-order valence-electron chi connectivity index (χ0n) is 14.4. The van der Waals surface area contributed by atoms with Crippen molar-refractivity contribution in [3.05, 3.63) is 66.4 Å². The second kappa shape index (κ2) is 6.76. The lowest BCUT2D eigenvalue weighted by Gasteiger charge is -2.31. The summed E-state index contributed by atoms with van der Waals surface area (Å²) in [6, 6.07) is 9.80. The average molecular weight is 354 g/mol. The Morgan fingerprint density at radius 3 is 2.65 bits per heavy atom. The minimum absolute atomic E-state index is 0.00914. The van der Waals surface area contributed by atoms with Crippen LogP contribution < -0.4 is 0 Å². The summed E-state index contributed by atoms with van der Waals surface area (Å²) in [6.45, 7) is 3.58. The molecule has 0 saturated carbocycles. The number of amides is 1. The van der Waals surface area contributed by atoms with E-state index in [-0.39, 0.29) is 17.8 Å². The van der Waals surface area contributed by atoms with Crippen LogP contribution in [0.5, 0.6) is 0 Å². The lowest BCUT2D eigenvalue weighted by molar-refractivity contribution is -0.0124. The third-order valence-electron chi connectivity index (χ3n) is 4.42. The molecule has 1 fully saturated rings. The van der Waals surface area contributed by atoms with Crippen molar-refractivity contribution in [2.24, 2.45) is 0 Å². The summed E-state index contributed by atoms with van der Waals surface area (Å²) in [7, 11) is 0. The van der Waals surface area contributed by atoms with Crippen LogP contribution in [0.3, 0.4) is 0 Å². The lowest BCUT2D eigenvalue weighted by atomic mass is 10.2. The maximum Gasteiger partial charge on any atom is 0.259 e. The Bertz CT molecular complexity index is 902. The average Bonchev–Trinajstić information content (AvgIpc) is 3.31. The van der Waals surface area contributed by atoms with Crippen LogP contribution in [-0.4, -0.2) is 51.0 Å². The highest BCUT2D eigenvalue weighted by Crippen LogP contribution is 2.22. The molecule has 1 saturated heterocycles. The minimum atomic E-state index is -0.318. The van der Waals surface area contributed by atoms with Gasteiger partial charge in [-0.05, 0) is 43.3 Å². The number of aromatic nitrogens is 3. The molecule has 0 N–H and O–H groups in total.